The minimum Gasteiger partial charge on any atom is -0.311 e. The Labute approximate surface area is 436 Å². The largest absolute Gasteiger partial charge is 0.311 e. The van der Waals surface area contributed by atoms with Gasteiger partial charge in [0.2, 0.25) is 0 Å². The van der Waals surface area contributed by atoms with Crippen LogP contribution in [-0.2, 0) is 16.2 Å². The number of benzene rings is 9. The highest BCUT2D eigenvalue weighted by atomic mass is 32.1. The van der Waals surface area contributed by atoms with Crippen LogP contribution in [0.2, 0.25) is 0 Å². The first-order valence-electron chi connectivity index (χ1n) is 26.1. The molecule has 3 nitrogen and oxygen atoms in total. The SMILES string of the molecule is CC(C)(C)c1ccc(N2c3cc(N(c4ccccc4)c4ccccc4)cc4c3B(c3ccc(-c5ccccc5)cc3N4c3ccccc3-c3ccccc3)c3sc4cc5c(cc4c32)C(C)(C)CCC5(C)C)cc1. The van der Waals surface area contributed by atoms with E-state index in [0.29, 0.717) is 0 Å². The van der Waals surface area contributed by atoms with E-state index in [0.717, 1.165) is 34.9 Å². The highest BCUT2D eigenvalue weighted by Crippen LogP contribution is 2.54. The van der Waals surface area contributed by atoms with Gasteiger partial charge in [-0.3, -0.25) is 0 Å². The maximum atomic E-state index is 2.66. The number of fused-ring (bicyclic) bond motifs is 7. The van der Waals surface area contributed by atoms with Crippen molar-refractivity contribution in [3.05, 3.63) is 229 Å². The number of anilines is 9. The summed E-state index contributed by atoms with van der Waals surface area (Å²) in [5.74, 6) is 0. The molecule has 2 aliphatic heterocycles. The average Bonchev–Trinajstić information content (AvgIpc) is 3.79. The van der Waals surface area contributed by atoms with Gasteiger partial charge in [0, 0.05) is 54.6 Å². The van der Waals surface area contributed by atoms with Gasteiger partial charge in [-0.2, -0.15) is 0 Å². The zero-order valence-electron chi connectivity index (χ0n) is 42.9. The van der Waals surface area contributed by atoms with E-state index >= 15 is 0 Å². The van der Waals surface area contributed by atoms with E-state index in [4.69, 9.17) is 0 Å². The topological polar surface area (TPSA) is 9.72 Å². The van der Waals surface area contributed by atoms with Crippen molar-refractivity contribution in [2.75, 3.05) is 14.7 Å². The zero-order chi connectivity index (χ0) is 49.8. The summed E-state index contributed by atoms with van der Waals surface area (Å²) in [5, 5.41) is 1.34. The van der Waals surface area contributed by atoms with Gasteiger partial charge < -0.3 is 14.7 Å². The van der Waals surface area contributed by atoms with E-state index in [2.05, 4.69) is 275 Å². The van der Waals surface area contributed by atoms with Crippen LogP contribution < -0.4 is 30.4 Å². The Morgan fingerprint density at radius 1 is 0.479 bits per heavy atom. The van der Waals surface area contributed by atoms with E-state index in [1.165, 1.54) is 93.9 Å². The summed E-state index contributed by atoms with van der Waals surface area (Å²) in [5.41, 5.74) is 22.3. The van der Waals surface area contributed by atoms with E-state index in [1.807, 2.05) is 11.3 Å². The molecule has 0 bridgehead atoms. The highest BCUT2D eigenvalue weighted by Gasteiger charge is 2.47. The van der Waals surface area contributed by atoms with Crippen molar-refractivity contribution in [3.8, 4) is 22.3 Å². The first kappa shape index (κ1) is 45.3. The van der Waals surface area contributed by atoms with Gasteiger partial charge in [0.15, 0.2) is 0 Å². The molecule has 0 fully saturated rings. The predicted molar refractivity (Wildman–Crippen MR) is 315 cm³/mol. The molecular weight excluding hydrogens is 902 g/mol. The molecule has 3 aliphatic rings. The maximum absolute atomic E-state index is 2.66. The zero-order valence-corrected chi connectivity index (χ0v) is 43.8. The fraction of sp³-hybridized carbons (Fsp3) is 0.176. The second kappa shape index (κ2) is 17.0. The van der Waals surface area contributed by atoms with Crippen LogP contribution in [0.4, 0.5) is 51.2 Å². The van der Waals surface area contributed by atoms with Gasteiger partial charge in [-0.05, 0) is 146 Å². The molecule has 0 spiro atoms. The Bertz CT molecular complexity index is 3680. The Kier molecular flexibility index (Phi) is 10.5. The van der Waals surface area contributed by atoms with Gasteiger partial charge in [-0.1, -0.05) is 188 Å². The van der Waals surface area contributed by atoms with Gasteiger partial charge in [0.05, 0.1) is 17.1 Å². The van der Waals surface area contributed by atoms with Crippen LogP contribution in [0.15, 0.2) is 212 Å². The van der Waals surface area contributed by atoms with Crippen molar-refractivity contribution in [2.45, 2.75) is 77.6 Å². The second-order valence-electron chi connectivity index (χ2n) is 22.8. The first-order valence-corrected chi connectivity index (χ1v) is 26.9. The fourth-order valence-electron chi connectivity index (χ4n) is 12.2. The van der Waals surface area contributed by atoms with E-state index in [9.17, 15) is 0 Å². The van der Waals surface area contributed by atoms with E-state index in [1.54, 1.807) is 0 Å². The third kappa shape index (κ3) is 7.46. The number of hydrogen-bond donors (Lipinski definition) is 0. The van der Waals surface area contributed by atoms with Gasteiger partial charge >= 0.3 is 0 Å². The maximum Gasteiger partial charge on any atom is 0.264 e. The minimum atomic E-state index is -0.0449. The summed E-state index contributed by atoms with van der Waals surface area (Å²) in [6.45, 7) is 16.7. The van der Waals surface area contributed by atoms with Crippen LogP contribution in [-0.4, -0.2) is 6.71 Å². The summed E-state index contributed by atoms with van der Waals surface area (Å²) in [6.07, 6.45) is 2.33. The summed E-state index contributed by atoms with van der Waals surface area (Å²) in [7, 11) is 0. The Morgan fingerprint density at radius 2 is 1.03 bits per heavy atom. The third-order valence-electron chi connectivity index (χ3n) is 16.2. The van der Waals surface area contributed by atoms with Crippen molar-refractivity contribution in [3.63, 3.8) is 0 Å². The van der Waals surface area contributed by atoms with Crippen LogP contribution in [0.3, 0.4) is 0 Å². The van der Waals surface area contributed by atoms with Crippen LogP contribution in [0.25, 0.3) is 32.3 Å². The van der Waals surface area contributed by atoms with Crippen molar-refractivity contribution in [2.24, 2.45) is 0 Å². The summed E-state index contributed by atoms with van der Waals surface area (Å²) in [6, 6.07) is 79.7. The average molecular weight is 962 g/mol. The molecule has 0 N–H and O–H groups in total. The lowest BCUT2D eigenvalue weighted by Gasteiger charge is -2.44. The van der Waals surface area contributed by atoms with Crippen LogP contribution in [0.5, 0.6) is 0 Å². The quantitative estimate of drug-likeness (QED) is 0.147. The number of hydrogen-bond acceptors (Lipinski definition) is 4. The van der Waals surface area contributed by atoms with Crippen LogP contribution in [0.1, 0.15) is 78.0 Å². The van der Waals surface area contributed by atoms with E-state index in [-0.39, 0.29) is 23.0 Å². The molecule has 73 heavy (non-hydrogen) atoms. The predicted octanol–water partition coefficient (Wildman–Crippen LogP) is 17.4. The normalized spacial score (nSPS) is 15.1. The summed E-state index contributed by atoms with van der Waals surface area (Å²) in [4.78, 5) is 7.72. The standard InChI is InChI=1S/C68H60BN3S/c1-66(2,3)48-33-35-51(36-34-48)71-60-41-52(70(49-26-16-10-17-27-49)50-28-18-11-19-29-50)42-61-63(60)69(65-64(71)54-43-55-56(44-62(54)73-65)68(6,7)39-38-67(55,4)5)57-37-32-47(45-22-12-8-13-23-45)40-59(57)72(61)58-31-21-20-30-53(58)46-24-14-9-15-25-46/h8-37,40-44H,38-39H2,1-7H3. The van der Waals surface area contributed by atoms with Crippen molar-refractivity contribution < 1.29 is 0 Å². The molecule has 0 saturated carbocycles. The minimum absolute atomic E-state index is 0.00309. The smallest absolute Gasteiger partial charge is 0.264 e. The lowest BCUT2D eigenvalue weighted by Crippen LogP contribution is -2.60. The third-order valence-corrected chi connectivity index (χ3v) is 17.4. The summed E-state index contributed by atoms with van der Waals surface area (Å²) < 4.78 is 2.75. The molecule has 0 radical (unpaired) electrons. The molecule has 1 aromatic heterocycles. The monoisotopic (exact) mass is 961 g/mol. The number of nitrogens with zero attached hydrogens (tertiary/aromatic N) is 3. The Balaban J connectivity index is 1.19. The molecule has 3 heterocycles. The Morgan fingerprint density at radius 3 is 1.64 bits per heavy atom. The molecule has 0 atom stereocenters. The van der Waals surface area contributed by atoms with Gasteiger partial charge in [-0.25, -0.2) is 0 Å². The van der Waals surface area contributed by atoms with Crippen molar-refractivity contribution in [1.29, 1.82) is 0 Å². The van der Waals surface area contributed by atoms with Gasteiger partial charge in [0.1, 0.15) is 0 Å². The molecule has 0 amide bonds. The molecule has 0 unspecified atom stereocenters. The number of rotatable bonds is 7. The molecular formula is C68H60BN3S. The lowest BCUT2D eigenvalue weighted by molar-refractivity contribution is 0.332. The Hall–Kier alpha value is -7.60. The molecule has 5 heteroatoms. The first-order chi connectivity index (χ1) is 35.3. The van der Waals surface area contributed by atoms with E-state index < -0.39 is 0 Å². The number of thiophene rings is 1. The molecule has 10 aromatic rings. The molecule has 9 aromatic carbocycles. The van der Waals surface area contributed by atoms with Crippen molar-refractivity contribution in [1.82, 2.24) is 0 Å². The van der Waals surface area contributed by atoms with Gasteiger partial charge in [-0.15, -0.1) is 11.3 Å². The highest BCUT2D eigenvalue weighted by molar-refractivity contribution is 7.33. The summed E-state index contributed by atoms with van der Waals surface area (Å²) >= 11 is 2.01. The molecule has 0 saturated heterocycles. The fourth-order valence-corrected chi connectivity index (χ4v) is 13.6. The molecule has 13 rings (SSSR count). The molecule has 356 valence electrons. The van der Waals surface area contributed by atoms with Gasteiger partial charge in [0.25, 0.3) is 6.71 Å². The van der Waals surface area contributed by atoms with Crippen LogP contribution in [0, 0.1) is 0 Å². The lowest BCUT2D eigenvalue weighted by atomic mass is 9.36. The second-order valence-corrected chi connectivity index (χ2v) is 23.9. The molecule has 1 aliphatic carbocycles. The van der Waals surface area contributed by atoms with Crippen LogP contribution >= 0.6 is 11.3 Å². The van der Waals surface area contributed by atoms with Crippen molar-refractivity contribution >= 4 is 95.0 Å². The number of para-hydroxylation sites is 3.